The summed E-state index contributed by atoms with van der Waals surface area (Å²) in [5.41, 5.74) is 4.15. The number of carboxylic acid groups (broad SMARTS) is 1. The Balaban J connectivity index is 2.32. The molecule has 164 valence electrons. The van der Waals surface area contributed by atoms with Crippen LogP contribution in [0, 0.1) is 0 Å². The van der Waals surface area contributed by atoms with Crippen molar-refractivity contribution >= 4 is 19.2 Å². The molecule has 0 radical (unpaired) electrons. The van der Waals surface area contributed by atoms with Crippen molar-refractivity contribution in [3.8, 4) is 0 Å². The fraction of sp³-hybridized carbons (Fsp3) is 0.667. The minimum atomic E-state index is -1.36. The lowest BCUT2D eigenvalue weighted by molar-refractivity contribution is -0.138. The first kappa shape index (κ1) is 23.6. The molecular weight excluding hydrogens is 401 g/mol. The van der Waals surface area contributed by atoms with Crippen LogP contribution in [0.2, 0.25) is 0 Å². The molecule has 0 amide bonds. The highest BCUT2D eigenvalue weighted by molar-refractivity contribution is 7.72. The minimum Gasteiger partial charge on any atom is -0.480 e. The zero-order valence-electron chi connectivity index (χ0n) is 16.9. The van der Waals surface area contributed by atoms with Gasteiger partial charge in [0.2, 0.25) is 0 Å². The highest BCUT2D eigenvalue weighted by atomic mass is 31.2. The van der Waals surface area contributed by atoms with Gasteiger partial charge < -0.3 is 30.4 Å². The molecule has 1 saturated heterocycles. The lowest BCUT2D eigenvalue weighted by Gasteiger charge is -2.19. The summed E-state index contributed by atoms with van der Waals surface area (Å²) in [6.07, 6.45) is 2.27. The number of carbonyl (C=O) groups is 1. The molecule has 1 aliphatic rings. The van der Waals surface area contributed by atoms with E-state index in [-0.39, 0.29) is 18.5 Å². The number of aliphatic hydroxyl groups excluding tert-OH is 2. The predicted octanol–water partition coefficient (Wildman–Crippen LogP) is -1.39. The van der Waals surface area contributed by atoms with Crippen molar-refractivity contribution in [2.75, 3.05) is 19.5 Å². The summed E-state index contributed by atoms with van der Waals surface area (Å²) in [5.74, 6) is -1.23. The Morgan fingerprint density at radius 1 is 1.34 bits per heavy atom. The van der Waals surface area contributed by atoms with E-state index >= 15 is 0 Å². The van der Waals surface area contributed by atoms with Gasteiger partial charge in [-0.3, -0.25) is 14.2 Å². The van der Waals surface area contributed by atoms with Gasteiger partial charge >= 0.3 is 11.7 Å². The summed E-state index contributed by atoms with van der Waals surface area (Å²) in [6, 6.07) is -1.22. The molecule has 10 nitrogen and oxygen atoms in total. The Morgan fingerprint density at radius 3 is 2.52 bits per heavy atom. The van der Waals surface area contributed by atoms with Crippen molar-refractivity contribution in [1.29, 1.82) is 0 Å². The van der Waals surface area contributed by atoms with Gasteiger partial charge in [0, 0.05) is 19.8 Å². The quantitative estimate of drug-likeness (QED) is 0.367. The van der Waals surface area contributed by atoms with Crippen molar-refractivity contribution in [2.45, 2.75) is 49.8 Å². The van der Waals surface area contributed by atoms with Gasteiger partial charge in [0.1, 0.15) is 24.4 Å². The number of aliphatic hydroxyl groups is 2. The maximum Gasteiger partial charge on any atom is 0.330 e. The summed E-state index contributed by atoms with van der Waals surface area (Å²) >= 11 is 0. The number of nitrogens with zero attached hydrogens (tertiary/aromatic N) is 2. The number of ether oxygens (including phenoxy) is 1. The molecule has 0 bridgehead atoms. The van der Waals surface area contributed by atoms with Crippen molar-refractivity contribution in [3.05, 3.63) is 32.6 Å². The lowest BCUT2D eigenvalue weighted by Crippen LogP contribution is -2.44. The van der Waals surface area contributed by atoms with E-state index in [1.54, 1.807) is 0 Å². The van der Waals surface area contributed by atoms with Crippen LogP contribution in [0.1, 0.15) is 24.5 Å². The number of carboxylic acids is 1. The molecule has 1 aromatic heterocycles. The average Bonchev–Trinajstić information content (AvgIpc) is 2.90. The van der Waals surface area contributed by atoms with Crippen LogP contribution in [0.15, 0.2) is 15.8 Å². The number of rotatable bonds is 8. The standard InChI is InChI=1S/C18H30N3O7P/c1-20-9-10(16(24)21(18(20)27)7-5-11(19)17(25)26)15-14(23)13(22)12(28-15)6-8-29(2,3)4/h9,11-15,22-23H,2,5-8,19H2,1,3-4H3,(H,25,26)/t11?,12-,13-,14-,15?/m1/s1. The molecule has 0 saturated carbocycles. The molecule has 29 heavy (non-hydrogen) atoms. The van der Waals surface area contributed by atoms with Gasteiger partial charge in [0.25, 0.3) is 5.56 Å². The molecule has 2 heterocycles. The Labute approximate surface area is 168 Å². The number of hydrogen-bond donors (Lipinski definition) is 4. The summed E-state index contributed by atoms with van der Waals surface area (Å²) in [4.78, 5) is 36.1. The minimum absolute atomic E-state index is 0.0220. The molecule has 5 atom stereocenters. The normalized spacial score (nSPS) is 25.9. The smallest absolute Gasteiger partial charge is 0.330 e. The largest absolute Gasteiger partial charge is 0.480 e. The van der Waals surface area contributed by atoms with E-state index in [1.807, 2.05) is 0 Å². The van der Waals surface area contributed by atoms with Crippen LogP contribution < -0.4 is 17.0 Å². The Kier molecular flexibility index (Phi) is 7.29. The van der Waals surface area contributed by atoms with Crippen molar-refractivity contribution in [2.24, 2.45) is 12.8 Å². The van der Waals surface area contributed by atoms with Gasteiger partial charge in [-0.15, -0.1) is 13.2 Å². The third-order valence-corrected chi connectivity index (χ3v) is 6.50. The van der Waals surface area contributed by atoms with E-state index < -0.39 is 54.6 Å². The molecule has 0 aromatic carbocycles. The topological polar surface area (TPSA) is 157 Å². The fourth-order valence-corrected chi connectivity index (χ4v) is 4.21. The van der Waals surface area contributed by atoms with Gasteiger partial charge in [-0.1, -0.05) is 0 Å². The monoisotopic (exact) mass is 431 g/mol. The number of aliphatic carboxylic acids is 1. The van der Waals surface area contributed by atoms with E-state index in [9.17, 15) is 24.6 Å². The van der Waals surface area contributed by atoms with Gasteiger partial charge in [-0.25, -0.2) is 4.79 Å². The van der Waals surface area contributed by atoms with Gasteiger partial charge in [0.05, 0.1) is 11.7 Å². The van der Waals surface area contributed by atoms with Crippen LogP contribution >= 0.6 is 6.89 Å². The van der Waals surface area contributed by atoms with Gasteiger partial charge in [-0.2, -0.15) is 0 Å². The summed E-state index contributed by atoms with van der Waals surface area (Å²) in [6.45, 7) is 2.55. The molecule has 1 aliphatic heterocycles. The second-order valence-corrected chi connectivity index (χ2v) is 12.5. The number of aryl methyl sites for hydroxylation is 1. The SMILES string of the molecule is C=P(C)(C)CC[C@H]1OC(c2cn(C)c(=O)n(CCC(N)C(=O)O)c2=O)[C@H](O)[C@@H]1O. The third kappa shape index (κ3) is 5.46. The fourth-order valence-electron chi connectivity index (χ4n) is 3.26. The first-order valence-corrected chi connectivity index (χ1v) is 12.4. The van der Waals surface area contributed by atoms with Crippen LogP contribution in [0.5, 0.6) is 0 Å². The zero-order chi connectivity index (χ0) is 22.1. The van der Waals surface area contributed by atoms with Crippen LogP contribution in [0.25, 0.3) is 0 Å². The van der Waals surface area contributed by atoms with Crippen molar-refractivity contribution in [1.82, 2.24) is 9.13 Å². The van der Waals surface area contributed by atoms with E-state index in [1.165, 1.54) is 13.2 Å². The lowest BCUT2D eigenvalue weighted by atomic mass is 10.0. The summed E-state index contributed by atoms with van der Waals surface area (Å²) < 4.78 is 7.83. The summed E-state index contributed by atoms with van der Waals surface area (Å²) in [7, 11) is 1.43. The van der Waals surface area contributed by atoms with Gasteiger partial charge in [0.15, 0.2) is 0 Å². The van der Waals surface area contributed by atoms with E-state index in [4.69, 9.17) is 15.6 Å². The first-order valence-electron chi connectivity index (χ1n) is 9.31. The third-order valence-electron chi connectivity index (χ3n) is 5.03. The molecule has 2 rings (SSSR count). The van der Waals surface area contributed by atoms with Crippen molar-refractivity contribution in [3.63, 3.8) is 0 Å². The molecule has 0 aliphatic carbocycles. The molecule has 0 spiro atoms. The average molecular weight is 431 g/mol. The van der Waals surface area contributed by atoms with Crippen LogP contribution in [0.3, 0.4) is 0 Å². The molecular formula is C18H30N3O7P. The number of aromatic nitrogens is 2. The summed E-state index contributed by atoms with van der Waals surface area (Å²) in [5, 5.41) is 29.7. The highest BCUT2D eigenvalue weighted by Gasteiger charge is 2.44. The maximum absolute atomic E-state index is 12.9. The van der Waals surface area contributed by atoms with Crippen molar-refractivity contribution < 1.29 is 24.9 Å². The molecule has 1 aromatic rings. The Bertz CT molecular complexity index is 919. The van der Waals surface area contributed by atoms with Crippen LogP contribution in [0.4, 0.5) is 0 Å². The second-order valence-electron chi connectivity index (χ2n) is 8.19. The van der Waals surface area contributed by atoms with E-state index in [0.29, 0.717) is 6.42 Å². The molecule has 1 fully saturated rings. The Morgan fingerprint density at radius 2 is 1.97 bits per heavy atom. The van der Waals surface area contributed by atoms with Crippen LogP contribution in [-0.4, -0.2) is 80.6 Å². The molecule has 11 heteroatoms. The maximum atomic E-state index is 12.9. The highest BCUT2D eigenvalue weighted by Crippen LogP contribution is 2.40. The Hall–Kier alpha value is -1.71. The van der Waals surface area contributed by atoms with Gasteiger partial charge in [-0.05, 0) is 32.3 Å². The van der Waals surface area contributed by atoms with E-state index in [2.05, 4.69) is 19.6 Å². The zero-order valence-corrected chi connectivity index (χ0v) is 17.8. The number of nitrogens with two attached hydrogens (primary N) is 1. The van der Waals surface area contributed by atoms with Crippen LogP contribution in [-0.2, 0) is 23.1 Å². The first-order chi connectivity index (χ1) is 13.3. The second kappa shape index (κ2) is 8.97. The molecule has 2 unspecified atom stereocenters. The predicted molar refractivity (Wildman–Crippen MR) is 111 cm³/mol. The number of hydrogen-bond acceptors (Lipinski definition) is 7. The molecule has 5 N–H and O–H groups in total. The van der Waals surface area contributed by atoms with E-state index in [0.717, 1.165) is 15.3 Å².